The van der Waals surface area contributed by atoms with Crippen LogP contribution in [0.25, 0.3) is 0 Å². The summed E-state index contributed by atoms with van der Waals surface area (Å²) in [6, 6.07) is 16.2. The van der Waals surface area contributed by atoms with Gasteiger partial charge in [-0.15, -0.1) is 0 Å². The molecule has 2 aromatic carbocycles. The number of benzene rings is 2. The Labute approximate surface area is 197 Å². The van der Waals surface area contributed by atoms with Gasteiger partial charge in [0.05, 0.1) is 32.0 Å². The Bertz CT molecular complexity index is 967. The number of para-hydroxylation sites is 1. The second-order valence-electron chi connectivity index (χ2n) is 8.91. The van der Waals surface area contributed by atoms with Gasteiger partial charge in [0.2, 0.25) is 0 Å². The van der Waals surface area contributed by atoms with Gasteiger partial charge in [-0.3, -0.25) is 9.69 Å². The fourth-order valence-electron chi connectivity index (χ4n) is 4.94. The molecule has 6 nitrogen and oxygen atoms in total. The molecule has 0 spiro atoms. The number of ether oxygens (including phenoxy) is 2. The van der Waals surface area contributed by atoms with Crippen molar-refractivity contribution < 1.29 is 14.3 Å². The zero-order valence-corrected chi connectivity index (χ0v) is 20.0. The van der Waals surface area contributed by atoms with E-state index in [2.05, 4.69) is 11.9 Å². The Hall–Kier alpha value is -2.86. The third kappa shape index (κ3) is 5.38. The number of carbonyl (C=O) groups is 1. The van der Waals surface area contributed by atoms with Crippen LogP contribution in [0.3, 0.4) is 0 Å². The van der Waals surface area contributed by atoms with Crippen LogP contribution in [0.15, 0.2) is 53.6 Å². The van der Waals surface area contributed by atoms with Gasteiger partial charge in [0.15, 0.2) is 0 Å². The Morgan fingerprint density at radius 2 is 1.82 bits per heavy atom. The summed E-state index contributed by atoms with van der Waals surface area (Å²) in [5.74, 6) is 1.64. The summed E-state index contributed by atoms with van der Waals surface area (Å²) in [6.07, 6.45) is 6.78. The van der Waals surface area contributed by atoms with E-state index >= 15 is 0 Å². The standard InChI is InChI=1S/C27H35N3O3/c1-4-33-22-16-14-20(15-17-22)25-18-24(23-12-8-9-13-26(23)32-3)28-30(25)27(31)19-29(2)21-10-6-5-7-11-21/h8-9,12-17,21,25H,4-7,10-11,18-19H2,1-3H3/t25-/m1/s1. The minimum Gasteiger partial charge on any atom is -0.496 e. The fourth-order valence-corrected chi connectivity index (χ4v) is 4.94. The molecule has 1 aliphatic carbocycles. The Morgan fingerprint density at radius 3 is 2.52 bits per heavy atom. The minimum absolute atomic E-state index is 0.0341. The molecule has 0 N–H and O–H groups in total. The molecule has 1 amide bonds. The van der Waals surface area contributed by atoms with Gasteiger partial charge in [-0.1, -0.05) is 43.5 Å². The lowest BCUT2D eigenvalue weighted by Crippen LogP contribution is -2.41. The number of hydrazone groups is 1. The van der Waals surface area contributed by atoms with Crippen LogP contribution in [0.4, 0.5) is 0 Å². The van der Waals surface area contributed by atoms with Crippen LogP contribution in [-0.2, 0) is 4.79 Å². The molecule has 1 fully saturated rings. The second kappa shape index (κ2) is 10.8. The van der Waals surface area contributed by atoms with Crippen LogP contribution >= 0.6 is 0 Å². The van der Waals surface area contributed by atoms with Crippen LogP contribution in [0.1, 0.15) is 62.6 Å². The van der Waals surface area contributed by atoms with Crippen LogP contribution in [0.5, 0.6) is 11.5 Å². The molecule has 0 saturated heterocycles. The summed E-state index contributed by atoms with van der Waals surface area (Å²) < 4.78 is 11.2. The van der Waals surface area contributed by atoms with E-state index in [1.54, 1.807) is 12.1 Å². The zero-order chi connectivity index (χ0) is 23.2. The van der Waals surface area contributed by atoms with Crippen molar-refractivity contribution in [2.75, 3.05) is 27.3 Å². The monoisotopic (exact) mass is 449 g/mol. The molecular weight excluding hydrogens is 414 g/mol. The first-order valence-electron chi connectivity index (χ1n) is 12.1. The van der Waals surface area contributed by atoms with E-state index in [0.717, 1.165) is 28.3 Å². The lowest BCUT2D eigenvalue weighted by atomic mass is 9.94. The summed E-state index contributed by atoms with van der Waals surface area (Å²) in [5.41, 5.74) is 2.87. The van der Waals surface area contributed by atoms with Gasteiger partial charge < -0.3 is 9.47 Å². The summed E-state index contributed by atoms with van der Waals surface area (Å²) in [5, 5.41) is 6.54. The molecule has 1 heterocycles. The molecule has 1 atom stereocenters. The highest BCUT2D eigenvalue weighted by Crippen LogP contribution is 2.36. The third-order valence-electron chi connectivity index (χ3n) is 6.74. The summed E-state index contributed by atoms with van der Waals surface area (Å²) in [7, 11) is 3.74. The third-order valence-corrected chi connectivity index (χ3v) is 6.74. The number of likely N-dealkylation sites (N-methyl/N-ethyl adjacent to an activating group) is 1. The van der Waals surface area contributed by atoms with E-state index in [9.17, 15) is 4.79 Å². The van der Waals surface area contributed by atoms with E-state index in [1.807, 2.05) is 55.5 Å². The van der Waals surface area contributed by atoms with Gasteiger partial charge in [0, 0.05) is 18.0 Å². The summed E-state index contributed by atoms with van der Waals surface area (Å²) in [6.45, 7) is 2.98. The highest BCUT2D eigenvalue weighted by molar-refractivity contribution is 6.05. The molecule has 0 radical (unpaired) electrons. The van der Waals surface area contributed by atoms with Crippen LogP contribution in [0, 0.1) is 0 Å². The van der Waals surface area contributed by atoms with Crippen molar-refractivity contribution in [3.8, 4) is 11.5 Å². The molecule has 2 aromatic rings. The number of carbonyl (C=O) groups excluding carboxylic acids is 1. The first-order valence-corrected chi connectivity index (χ1v) is 12.1. The normalized spacial score (nSPS) is 19.0. The largest absolute Gasteiger partial charge is 0.496 e. The molecule has 2 aliphatic rings. The average Bonchev–Trinajstić information content (AvgIpc) is 3.31. The van der Waals surface area contributed by atoms with Crippen LogP contribution in [0.2, 0.25) is 0 Å². The highest BCUT2D eigenvalue weighted by Gasteiger charge is 2.35. The maximum atomic E-state index is 13.5. The van der Waals surface area contributed by atoms with Crippen molar-refractivity contribution in [1.82, 2.24) is 9.91 Å². The van der Waals surface area contributed by atoms with E-state index in [0.29, 0.717) is 25.6 Å². The SMILES string of the molecule is CCOc1ccc([C@H]2CC(c3ccccc3OC)=NN2C(=O)CN(C)C2CCCCC2)cc1. The Balaban J connectivity index is 1.59. The van der Waals surface area contributed by atoms with E-state index in [4.69, 9.17) is 14.6 Å². The van der Waals surface area contributed by atoms with Gasteiger partial charge in [-0.05, 0) is 56.6 Å². The predicted octanol–water partition coefficient (Wildman–Crippen LogP) is 5.04. The zero-order valence-electron chi connectivity index (χ0n) is 20.0. The molecule has 33 heavy (non-hydrogen) atoms. The van der Waals surface area contributed by atoms with E-state index < -0.39 is 0 Å². The van der Waals surface area contributed by atoms with Crippen molar-refractivity contribution in [3.63, 3.8) is 0 Å². The predicted molar refractivity (Wildman–Crippen MR) is 131 cm³/mol. The van der Waals surface area contributed by atoms with Gasteiger partial charge in [0.1, 0.15) is 11.5 Å². The number of hydrogen-bond acceptors (Lipinski definition) is 5. The maximum Gasteiger partial charge on any atom is 0.257 e. The smallest absolute Gasteiger partial charge is 0.257 e. The lowest BCUT2D eigenvalue weighted by Gasteiger charge is -2.32. The number of amides is 1. The van der Waals surface area contributed by atoms with Crippen molar-refractivity contribution in [2.24, 2.45) is 5.10 Å². The topological polar surface area (TPSA) is 54.4 Å². The molecule has 176 valence electrons. The van der Waals surface area contributed by atoms with Crippen LogP contribution < -0.4 is 9.47 Å². The quantitative estimate of drug-likeness (QED) is 0.567. The summed E-state index contributed by atoms with van der Waals surface area (Å²) in [4.78, 5) is 15.7. The molecule has 0 unspecified atom stereocenters. The molecule has 1 aliphatic heterocycles. The van der Waals surface area contributed by atoms with Gasteiger partial charge in [-0.25, -0.2) is 5.01 Å². The summed E-state index contributed by atoms with van der Waals surface area (Å²) >= 11 is 0. The Morgan fingerprint density at radius 1 is 1.09 bits per heavy atom. The van der Waals surface area contributed by atoms with Crippen molar-refractivity contribution in [1.29, 1.82) is 0 Å². The number of hydrogen-bond donors (Lipinski definition) is 0. The number of nitrogens with zero attached hydrogens (tertiary/aromatic N) is 3. The minimum atomic E-state index is -0.146. The molecule has 6 heteroatoms. The van der Waals surface area contributed by atoms with Crippen molar-refractivity contribution >= 4 is 11.6 Å². The van der Waals surface area contributed by atoms with Gasteiger partial charge in [0.25, 0.3) is 5.91 Å². The fraction of sp³-hybridized carbons (Fsp3) is 0.481. The molecule has 0 bridgehead atoms. The molecular formula is C27H35N3O3. The van der Waals surface area contributed by atoms with E-state index in [1.165, 1.54) is 32.1 Å². The lowest BCUT2D eigenvalue weighted by molar-refractivity contribution is -0.134. The Kier molecular flexibility index (Phi) is 7.65. The van der Waals surface area contributed by atoms with E-state index in [-0.39, 0.29) is 11.9 Å². The number of methoxy groups -OCH3 is 1. The molecule has 0 aromatic heterocycles. The molecule has 1 saturated carbocycles. The van der Waals surface area contributed by atoms with Crippen molar-refractivity contribution in [2.45, 2.75) is 57.5 Å². The first kappa shape index (κ1) is 23.3. The maximum absolute atomic E-state index is 13.5. The first-order chi connectivity index (χ1) is 16.1. The van der Waals surface area contributed by atoms with Crippen LogP contribution in [-0.4, -0.2) is 54.9 Å². The number of rotatable bonds is 8. The average molecular weight is 450 g/mol. The van der Waals surface area contributed by atoms with Gasteiger partial charge >= 0.3 is 0 Å². The second-order valence-corrected chi connectivity index (χ2v) is 8.91. The van der Waals surface area contributed by atoms with Crippen molar-refractivity contribution in [3.05, 3.63) is 59.7 Å². The highest BCUT2D eigenvalue weighted by atomic mass is 16.5. The van der Waals surface area contributed by atoms with Gasteiger partial charge in [-0.2, -0.15) is 5.10 Å². The molecule has 4 rings (SSSR count).